The first-order valence-electron chi connectivity index (χ1n) is 7.93. The van der Waals surface area contributed by atoms with E-state index in [-0.39, 0.29) is 37.8 Å². The highest BCUT2D eigenvalue weighted by molar-refractivity contribution is 5.98. The summed E-state index contributed by atoms with van der Waals surface area (Å²) in [6.45, 7) is 0.0157. The molecule has 1 amide bonds. The van der Waals surface area contributed by atoms with Crippen LogP contribution in [0.2, 0.25) is 0 Å². The van der Waals surface area contributed by atoms with Crippen molar-refractivity contribution in [3.05, 3.63) is 47.9 Å². The molecule has 1 aliphatic heterocycles. The fourth-order valence-electron chi connectivity index (χ4n) is 2.49. The van der Waals surface area contributed by atoms with Gasteiger partial charge in [0.2, 0.25) is 5.76 Å². The zero-order valence-electron chi connectivity index (χ0n) is 14.1. The Morgan fingerprint density at radius 3 is 2.81 bits per heavy atom. The number of benzene rings is 1. The maximum atomic E-state index is 12.0. The minimum atomic E-state index is -0.605. The van der Waals surface area contributed by atoms with Gasteiger partial charge in [-0.3, -0.25) is 9.59 Å². The predicted molar refractivity (Wildman–Crippen MR) is 88.8 cm³/mol. The Hall–Kier alpha value is -3.29. The molecule has 0 atom stereocenters. The third kappa shape index (κ3) is 3.85. The van der Waals surface area contributed by atoms with Crippen LogP contribution in [-0.2, 0) is 25.7 Å². The molecule has 0 spiro atoms. The molecule has 136 valence electrons. The molecule has 0 bridgehead atoms. The molecule has 0 saturated carbocycles. The maximum Gasteiger partial charge on any atom is 0.373 e. The van der Waals surface area contributed by atoms with Crippen molar-refractivity contribution >= 4 is 23.5 Å². The molecule has 2 aromatic rings. The van der Waals surface area contributed by atoms with Crippen molar-refractivity contribution in [2.45, 2.75) is 13.0 Å². The average Bonchev–Trinajstić information content (AvgIpc) is 3.14. The molecule has 0 aliphatic carbocycles. The molecule has 1 aromatic carbocycles. The van der Waals surface area contributed by atoms with Crippen molar-refractivity contribution in [2.24, 2.45) is 0 Å². The molecular formula is C18H17NO7. The Bertz CT molecular complexity index is 826. The van der Waals surface area contributed by atoms with Gasteiger partial charge >= 0.3 is 11.9 Å². The molecule has 8 heteroatoms. The number of rotatable bonds is 6. The van der Waals surface area contributed by atoms with Gasteiger partial charge in [0.05, 0.1) is 19.2 Å². The molecule has 26 heavy (non-hydrogen) atoms. The second kappa shape index (κ2) is 7.73. The summed E-state index contributed by atoms with van der Waals surface area (Å²) in [5, 5.41) is 0. The first-order chi connectivity index (χ1) is 12.6. The number of carbonyl (C=O) groups excluding carboxylic acids is 3. The van der Waals surface area contributed by atoms with Crippen molar-refractivity contribution in [1.82, 2.24) is 0 Å². The van der Waals surface area contributed by atoms with Crippen LogP contribution in [-0.4, -0.2) is 38.1 Å². The van der Waals surface area contributed by atoms with Gasteiger partial charge in [0.25, 0.3) is 5.91 Å². The van der Waals surface area contributed by atoms with E-state index in [1.807, 2.05) is 6.07 Å². The summed E-state index contributed by atoms with van der Waals surface area (Å²) in [6, 6.07) is 10.1. The number of furan rings is 1. The molecule has 1 aliphatic rings. The number of amides is 1. The molecule has 0 saturated heterocycles. The molecule has 1 aromatic heterocycles. The van der Waals surface area contributed by atoms with Gasteiger partial charge in [0.1, 0.15) is 18.1 Å². The Labute approximate surface area is 149 Å². The van der Waals surface area contributed by atoms with Crippen molar-refractivity contribution in [2.75, 3.05) is 25.2 Å². The second-order valence-electron chi connectivity index (χ2n) is 5.47. The summed E-state index contributed by atoms with van der Waals surface area (Å²) < 4.78 is 20.2. The summed E-state index contributed by atoms with van der Waals surface area (Å²) >= 11 is 0. The predicted octanol–water partition coefficient (Wildman–Crippen LogP) is 1.93. The van der Waals surface area contributed by atoms with Crippen LogP contribution in [0.25, 0.3) is 0 Å². The SMILES string of the molecule is COC(=O)c1ccc(COC(=O)CCN2C(=O)COc3ccccc32)o1. The van der Waals surface area contributed by atoms with E-state index in [0.29, 0.717) is 17.2 Å². The van der Waals surface area contributed by atoms with Crippen molar-refractivity contribution in [3.63, 3.8) is 0 Å². The standard InChI is InChI=1S/C18H17NO7/c1-23-18(22)15-7-6-12(26-15)10-25-17(21)8-9-19-13-4-2-3-5-14(13)24-11-16(19)20/h2-7H,8-11H2,1H3. The van der Waals surface area contributed by atoms with E-state index in [2.05, 4.69) is 4.74 Å². The monoisotopic (exact) mass is 359 g/mol. The topological polar surface area (TPSA) is 95.3 Å². The summed E-state index contributed by atoms with van der Waals surface area (Å²) in [5.74, 6) is -0.345. The highest BCUT2D eigenvalue weighted by Gasteiger charge is 2.25. The Morgan fingerprint density at radius 1 is 1.19 bits per heavy atom. The van der Waals surface area contributed by atoms with Gasteiger partial charge in [-0.1, -0.05) is 12.1 Å². The second-order valence-corrected chi connectivity index (χ2v) is 5.47. The smallest absolute Gasteiger partial charge is 0.373 e. The van der Waals surface area contributed by atoms with E-state index in [1.165, 1.54) is 24.1 Å². The normalized spacial score (nSPS) is 13.0. The summed E-state index contributed by atoms with van der Waals surface area (Å²) in [4.78, 5) is 36.8. The molecule has 8 nitrogen and oxygen atoms in total. The Balaban J connectivity index is 1.52. The lowest BCUT2D eigenvalue weighted by Crippen LogP contribution is -2.40. The number of nitrogens with zero attached hydrogens (tertiary/aromatic N) is 1. The van der Waals surface area contributed by atoms with Crippen LogP contribution < -0.4 is 9.64 Å². The molecule has 0 unspecified atom stereocenters. The number of para-hydroxylation sites is 2. The minimum Gasteiger partial charge on any atom is -0.482 e. The molecule has 2 heterocycles. The molecule has 0 radical (unpaired) electrons. The van der Waals surface area contributed by atoms with Crippen molar-refractivity contribution in [3.8, 4) is 5.75 Å². The zero-order chi connectivity index (χ0) is 18.5. The molecule has 0 N–H and O–H groups in total. The summed E-state index contributed by atoms with van der Waals surface area (Å²) in [5.41, 5.74) is 0.630. The average molecular weight is 359 g/mol. The third-order valence-electron chi connectivity index (χ3n) is 3.77. The van der Waals surface area contributed by atoms with Gasteiger partial charge < -0.3 is 23.5 Å². The van der Waals surface area contributed by atoms with Gasteiger partial charge in [-0.05, 0) is 24.3 Å². The maximum absolute atomic E-state index is 12.0. The Morgan fingerprint density at radius 2 is 2.00 bits per heavy atom. The highest BCUT2D eigenvalue weighted by Crippen LogP contribution is 2.31. The van der Waals surface area contributed by atoms with Gasteiger partial charge in [0, 0.05) is 6.54 Å². The fraction of sp³-hybridized carbons (Fsp3) is 0.278. The van der Waals surface area contributed by atoms with E-state index in [1.54, 1.807) is 18.2 Å². The number of hydrogen-bond acceptors (Lipinski definition) is 7. The zero-order valence-corrected chi connectivity index (χ0v) is 14.1. The fourth-order valence-corrected chi connectivity index (χ4v) is 2.49. The number of anilines is 1. The lowest BCUT2D eigenvalue weighted by molar-refractivity contribution is -0.145. The first kappa shape index (κ1) is 17.5. The van der Waals surface area contributed by atoms with Crippen LogP contribution in [0.1, 0.15) is 22.7 Å². The molecule has 3 rings (SSSR count). The van der Waals surface area contributed by atoms with Gasteiger partial charge in [-0.15, -0.1) is 0 Å². The van der Waals surface area contributed by atoms with Crippen molar-refractivity contribution in [1.29, 1.82) is 0 Å². The van der Waals surface area contributed by atoms with Crippen LogP contribution in [0.15, 0.2) is 40.8 Å². The first-order valence-corrected chi connectivity index (χ1v) is 7.93. The third-order valence-corrected chi connectivity index (χ3v) is 3.77. The lowest BCUT2D eigenvalue weighted by Gasteiger charge is -2.28. The van der Waals surface area contributed by atoms with E-state index in [0.717, 1.165) is 0 Å². The minimum absolute atomic E-state index is 0.0185. The van der Waals surface area contributed by atoms with Gasteiger partial charge in [-0.2, -0.15) is 0 Å². The van der Waals surface area contributed by atoms with Crippen LogP contribution in [0.5, 0.6) is 5.75 Å². The van der Waals surface area contributed by atoms with E-state index >= 15 is 0 Å². The summed E-state index contributed by atoms with van der Waals surface area (Å²) in [6.07, 6.45) is 0.0185. The van der Waals surface area contributed by atoms with E-state index in [4.69, 9.17) is 13.9 Å². The highest BCUT2D eigenvalue weighted by atomic mass is 16.6. The van der Waals surface area contributed by atoms with Crippen LogP contribution in [0.4, 0.5) is 5.69 Å². The molecule has 0 fully saturated rings. The van der Waals surface area contributed by atoms with Crippen molar-refractivity contribution < 1.29 is 33.0 Å². The van der Waals surface area contributed by atoms with Gasteiger partial charge in [0.15, 0.2) is 6.61 Å². The van der Waals surface area contributed by atoms with Gasteiger partial charge in [-0.25, -0.2) is 4.79 Å². The van der Waals surface area contributed by atoms with Crippen LogP contribution >= 0.6 is 0 Å². The number of carbonyl (C=O) groups is 3. The number of esters is 2. The number of methoxy groups -OCH3 is 1. The number of fused-ring (bicyclic) bond motifs is 1. The van der Waals surface area contributed by atoms with Crippen LogP contribution in [0, 0.1) is 0 Å². The van der Waals surface area contributed by atoms with E-state index in [9.17, 15) is 14.4 Å². The van der Waals surface area contributed by atoms with Crippen LogP contribution in [0.3, 0.4) is 0 Å². The number of ether oxygens (including phenoxy) is 3. The largest absolute Gasteiger partial charge is 0.482 e. The molecular weight excluding hydrogens is 342 g/mol. The number of hydrogen-bond donors (Lipinski definition) is 0. The van der Waals surface area contributed by atoms with E-state index < -0.39 is 11.9 Å². The lowest BCUT2D eigenvalue weighted by atomic mass is 10.2. The Kier molecular flexibility index (Phi) is 5.21. The quantitative estimate of drug-likeness (QED) is 0.727. The summed E-state index contributed by atoms with van der Waals surface area (Å²) in [7, 11) is 1.25.